The van der Waals surface area contributed by atoms with Crippen LogP contribution in [0.3, 0.4) is 0 Å². The number of hydrogen-bond donors (Lipinski definition) is 1. The number of anilines is 1. The molecule has 0 aliphatic heterocycles. The Kier molecular flexibility index (Phi) is 3.94. The molecule has 0 spiro atoms. The summed E-state index contributed by atoms with van der Waals surface area (Å²) in [5, 5.41) is 16.0. The molecule has 0 aromatic carbocycles. The molecule has 120 valence electrons. The number of aromatic nitrogens is 3. The summed E-state index contributed by atoms with van der Waals surface area (Å²) in [5.41, 5.74) is 1.94. The van der Waals surface area contributed by atoms with Crippen LogP contribution in [0.25, 0.3) is 0 Å². The number of alkyl halides is 3. The van der Waals surface area contributed by atoms with Gasteiger partial charge in [0.2, 0.25) is 0 Å². The van der Waals surface area contributed by atoms with Crippen molar-refractivity contribution >= 4 is 5.82 Å². The van der Waals surface area contributed by atoms with Gasteiger partial charge in [0.1, 0.15) is 18.4 Å². The molecular formula is C15H14F3N5. The second kappa shape index (κ2) is 5.91. The third kappa shape index (κ3) is 3.62. The van der Waals surface area contributed by atoms with Crippen molar-refractivity contribution in [2.75, 3.05) is 5.32 Å². The van der Waals surface area contributed by atoms with E-state index in [1.54, 1.807) is 12.1 Å². The molecule has 1 aliphatic rings. The van der Waals surface area contributed by atoms with Crippen LogP contribution in [-0.2, 0) is 13.0 Å². The predicted octanol–water partition coefficient (Wildman–Crippen LogP) is 3.20. The highest BCUT2D eigenvalue weighted by molar-refractivity contribution is 5.42. The first-order valence-electron chi connectivity index (χ1n) is 7.20. The van der Waals surface area contributed by atoms with E-state index >= 15 is 0 Å². The topological polar surface area (TPSA) is 66.5 Å². The molecule has 2 aromatic rings. The molecule has 5 nitrogen and oxygen atoms in total. The van der Waals surface area contributed by atoms with Gasteiger partial charge in [-0.2, -0.15) is 23.5 Å². The summed E-state index contributed by atoms with van der Waals surface area (Å²) in [7, 11) is 0. The molecule has 8 heteroatoms. The fourth-order valence-corrected chi connectivity index (χ4v) is 2.73. The minimum absolute atomic E-state index is 0.173. The number of nitrogens with one attached hydrogen (secondary N) is 1. The molecule has 0 bridgehead atoms. The van der Waals surface area contributed by atoms with Crippen molar-refractivity contribution in [3.05, 3.63) is 41.3 Å². The van der Waals surface area contributed by atoms with Crippen molar-refractivity contribution in [1.29, 1.82) is 5.26 Å². The first kappa shape index (κ1) is 15.3. The third-order valence-corrected chi connectivity index (χ3v) is 3.69. The summed E-state index contributed by atoms with van der Waals surface area (Å²) in [5.74, 6) is 0.576. The van der Waals surface area contributed by atoms with E-state index in [9.17, 15) is 13.2 Å². The number of nitriles is 1. The van der Waals surface area contributed by atoms with E-state index in [-0.39, 0.29) is 6.04 Å². The van der Waals surface area contributed by atoms with Gasteiger partial charge in [0, 0.05) is 12.4 Å². The van der Waals surface area contributed by atoms with Gasteiger partial charge in [-0.05, 0) is 37.0 Å². The molecule has 1 atom stereocenters. The van der Waals surface area contributed by atoms with Crippen molar-refractivity contribution in [2.24, 2.45) is 0 Å². The second-order valence-corrected chi connectivity index (χ2v) is 5.49. The highest BCUT2D eigenvalue weighted by Gasteiger charge is 2.31. The average Bonchev–Trinajstić information content (AvgIpc) is 2.89. The lowest BCUT2D eigenvalue weighted by atomic mass is 9.94. The van der Waals surface area contributed by atoms with Crippen LogP contribution in [0.5, 0.6) is 0 Å². The van der Waals surface area contributed by atoms with E-state index in [4.69, 9.17) is 5.26 Å². The number of nitrogens with zero attached hydrogens (tertiary/aromatic N) is 4. The van der Waals surface area contributed by atoms with E-state index in [0.717, 1.165) is 29.5 Å². The largest absolute Gasteiger partial charge is 0.408 e. The minimum Gasteiger partial charge on any atom is -0.362 e. The van der Waals surface area contributed by atoms with Gasteiger partial charge < -0.3 is 5.32 Å². The van der Waals surface area contributed by atoms with Gasteiger partial charge in [-0.3, -0.25) is 4.68 Å². The first-order valence-corrected chi connectivity index (χ1v) is 7.20. The van der Waals surface area contributed by atoms with Crippen LogP contribution in [0.15, 0.2) is 24.5 Å². The second-order valence-electron chi connectivity index (χ2n) is 5.49. The molecule has 0 radical (unpaired) electrons. The Bertz CT molecular complexity index is 727. The molecule has 0 fully saturated rings. The highest BCUT2D eigenvalue weighted by atomic mass is 19.4. The Labute approximate surface area is 130 Å². The predicted molar refractivity (Wildman–Crippen MR) is 76.5 cm³/mol. The Balaban J connectivity index is 1.79. The van der Waals surface area contributed by atoms with Gasteiger partial charge >= 0.3 is 6.18 Å². The number of halogens is 3. The summed E-state index contributed by atoms with van der Waals surface area (Å²) in [4.78, 5) is 4.13. The lowest BCUT2D eigenvalue weighted by Crippen LogP contribution is -2.20. The standard InChI is InChI=1S/C15H14F3N5/c16-15(17,18)9-23-8-11-2-1-3-12(14(11)22-23)21-13-5-4-10(6-19)7-20-13/h4-5,7-8,12H,1-3,9H2,(H,20,21)/t12-/m0/s1. The number of rotatable bonds is 3. The summed E-state index contributed by atoms with van der Waals surface area (Å²) >= 11 is 0. The lowest BCUT2D eigenvalue weighted by Gasteiger charge is -2.22. The summed E-state index contributed by atoms with van der Waals surface area (Å²) in [6.45, 7) is -1.08. The summed E-state index contributed by atoms with van der Waals surface area (Å²) in [6, 6.07) is 5.13. The van der Waals surface area contributed by atoms with Crippen LogP contribution in [0, 0.1) is 11.3 Å². The molecule has 0 saturated carbocycles. The highest BCUT2D eigenvalue weighted by Crippen LogP contribution is 2.31. The van der Waals surface area contributed by atoms with Crippen molar-refractivity contribution in [1.82, 2.24) is 14.8 Å². The Morgan fingerprint density at radius 1 is 1.39 bits per heavy atom. The van der Waals surface area contributed by atoms with Crippen molar-refractivity contribution in [3.63, 3.8) is 0 Å². The van der Waals surface area contributed by atoms with Gasteiger partial charge in [-0.25, -0.2) is 4.98 Å². The number of fused-ring (bicyclic) bond motifs is 1. The number of hydrogen-bond acceptors (Lipinski definition) is 4. The quantitative estimate of drug-likeness (QED) is 0.943. The molecule has 3 rings (SSSR count). The summed E-state index contributed by atoms with van der Waals surface area (Å²) < 4.78 is 38.5. The SMILES string of the molecule is N#Cc1ccc(N[C@H]2CCCc3cn(CC(F)(F)F)nc32)nc1. The van der Waals surface area contributed by atoms with Crippen LogP contribution < -0.4 is 5.32 Å². The van der Waals surface area contributed by atoms with E-state index < -0.39 is 12.7 Å². The van der Waals surface area contributed by atoms with E-state index in [1.165, 1.54) is 12.4 Å². The number of aryl methyl sites for hydroxylation is 1. The number of pyridine rings is 1. The fourth-order valence-electron chi connectivity index (χ4n) is 2.73. The van der Waals surface area contributed by atoms with Gasteiger partial charge in [-0.15, -0.1) is 0 Å². The molecule has 0 amide bonds. The lowest BCUT2D eigenvalue weighted by molar-refractivity contribution is -0.142. The zero-order valence-corrected chi connectivity index (χ0v) is 12.1. The van der Waals surface area contributed by atoms with Crippen LogP contribution in [0.2, 0.25) is 0 Å². The molecule has 1 N–H and O–H groups in total. The van der Waals surface area contributed by atoms with E-state index in [0.29, 0.717) is 17.1 Å². The van der Waals surface area contributed by atoms with Gasteiger partial charge in [0.15, 0.2) is 0 Å². The molecule has 0 saturated heterocycles. The Hall–Kier alpha value is -2.56. The normalized spacial score (nSPS) is 17.4. The van der Waals surface area contributed by atoms with Gasteiger partial charge in [0.05, 0.1) is 17.3 Å². The van der Waals surface area contributed by atoms with Gasteiger partial charge in [0.25, 0.3) is 0 Å². The monoisotopic (exact) mass is 321 g/mol. The maximum atomic E-state index is 12.5. The van der Waals surface area contributed by atoms with E-state index in [1.807, 2.05) is 6.07 Å². The van der Waals surface area contributed by atoms with E-state index in [2.05, 4.69) is 15.4 Å². The molecule has 2 aromatic heterocycles. The van der Waals surface area contributed by atoms with Crippen LogP contribution in [-0.4, -0.2) is 20.9 Å². The zero-order valence-electron chi connectivity index (χ0n) is 12.1. The maximum Gasteiger partial charge on any atom is 0.408 e. The first-order chi connectivity index (χ1) is 10.9. The Morgan fingerprint density at radius 2 is 2.22 bits per heavy atom. The molecular weight excluding hydrogens is 307 g/mol. The molecule has 2 heterocycles. The smallest absolute Gasteiger partial charge is 0.362 e. The van der Waals surface area contributed by atoms with Crippen molar-refractivity contribution in [3.8, 4) is 6.07 Å². The molecule has 0 unspecified atom stereocenters. The molecule has 1 aliphatic carbocycles. The van der Waals surface area contributed by atoms with Crippen molar-refractivity contribution in [2.45, 2.75) is 38.0 Å². The molecule has 23 heavy (non-hydrogen) atoms. The minimum atomic E-state index is -4.29. The van der Waals surface area contributed by atoms with Crippen molar-refractivity contribution < 1.29 is 13.2 Å². The van der Waals surface area contributed by atoms with Crippen LogP contribution in [0.1, 0.15) is 35.7 Å². The fraction of sp³-hybridized carbons (Fsp3) is 0.400. The maximum absolute atomic E-state index is 12.5. The third-order valence-electron chi connectivity index (χ3n) is 3.69. The van der Waals surface area contributed by atoms with Crippen LogP contribution >= 0.6 is 0 Å². The summed E-state index contributed by atoms with van der Waals surface area (Å²) in [6.07, 6.45) is 1.02. The van der Waals surface area contributed by atoms with Gasteiger partial charge in [-0.1, -0.05) is 0 Å². The Morgan fingerprint density at radius 3 is 2.87 bits per heavy atom. The average molecular weight is 321 g/mol. The zero-order chi connectivity index (χ0) is 16.4. The van der Waals surface area contributed by atoms with Crippen LogP contribution in [0.4, 0.5) is 19.0 Å².